The summed E-state index contributed by atoms with van der Waals surface area (Å²) in [5, 5.41) is 11.6. The zero-order chi connectivity index (χ0) is 14.0. The van der Waals surface area contributed by atoms with Crippen molar-refractivity contribution in [3.63, 3.8) is 0 Å². The van der Waals surface area contributed by atoms with Gasteiger partial charge in [0.05, 0.1) is 0 Å². The summed E-state index contributed by atoms with van der Waals surface area (Å²) in [7, 11) is 0. The van der Waals surface area contributed by atoms with Crippen molar-refractivity contribution < 1.29 is 14.7 Å². The summed E-state index contributed by atoms with van der Waals surface area (Å²) in [5.41, 5.74) is 0. The molecule has 104 valence electrons. The van der Waals surface area contributed by atoms with Crippen LogP contribution in [0, 0.1) is 0 Å². The first-order valence-corrected chi connectivity index (χ1v) is 7.34. The van der Waals surface area contributed by atoms with Gasteiger partial charge in [0.25, 0.3) is 0 Å². The van der Waals surface area contributed by atoms with Gasteiger partial charge in [0.1, 0.15) is 6.04 Å². The Hall–Kier alpha value is -1.17. The van der Waals surface area contributed by atoms with Crippen molar-refractivity contribution in [2.45, 2.75) is 25.8 Å². The average Bonchev–Trinajstić information content (AvgIpc) is 2.33. The van der Waals surface area contributed by atoms with Crippen molar-refractivity contribution in [2.24, 2.45) is 0 Å². The molecule has 0 heterocycles. The standard InChI is InChI=1S/C12H22N2O3S/c1-4-7-14(8-5-2)12(17)13-10(11(15)16)6-9-18-3/h4,10H,1,5-9H2,2-3H3,(H,13,17)(H,15,16)/t10-/m1/s1. The monoisotopic (exact) mass is 274 g/mol. The average molecular weight is 274 g/mol. The van der Waals surface area contributed by atoms with Crippen molar-refractivity contribution in [1.29, 1.82) is 0 Å². The van der Waals surface area contributed by atoms with Crippen LogP contribution < -0.4 is 5.32 Å². The number of carbonyl (C=O) groups excluding carboxylic acids is 1. The SMILES string of the molecule is C=CCN(CCC)C(=O)N[C@H](CCSC)C(=O)O. The molecule has 6 heteroatoms. The molecule has 0 aromatic heterocycles. The van der Waals surface area contributed by atoms with Gasteiger partial charge in [-0.15, -0.1) is 6.58 Å². The Labute approximate surface area is 113 Å². The number of rotatable bonds is 9. The van der Waals surface area contributed by atoms with Crippen molar-refractivity contribution in [3.8, 4) is 0 Å². The van der Waals surface area contributed by atoms with E-state index in [4.69, 9.17) is 5.11 Å². The van der Waals surface area contributed by atoms with Crippen LogP contribution in [0.1, 0.15) is 19.8 Å². The summed E-state index contributed by atoms with van der Waals surface area (Å²) in [5.74, 6) is -0.292. The predicted octanol–water partition coefficient (Wildman–Crippen LogP) is 1.80. The summed E-state index contributed by atoms with van der Waals surface area (Å²) >= 11 is 1.56. The molecule has 0 aromatic carbocycles. The smallest absolute Gasteiger partial charge is 0.326 e. The van der Waals surface area contributed by atoms with Gasteiger partial charge in [-0.25, -0.2) is 9.59 Å². The molecule has 2 N–H and O–H groups in total. The van der Waals surface area contributed by atoms with Crippen LogP contribution in [0.25, 0.3) is 0 Å². The fourth-order valence-corrected chi connectivity index (χ4v) is 1.91. The number of hydrogen-bond donors (Lipinski definition) is 2. The molecule has 18 heavy (non-hydrogen) atoms. The normalized spacial score (nSPS) is 11.7. The maximum Gasteiger partial charge on any atom is 0.326 e. The topological polar surface area (TPSA) is 69.6 Å². The van der Waals surface area contributed by atoms with Gasteiger partial charge in [-0.3, -0.25) is 0 Å². The van der Waals surface area contributed by atoms with E-state index in [9.17, 15) is 9.59 Å². The summed E-state index contributed by atoms with van der Waals surface area (Å²) in [6.07, 6.45) is 4.79. The highest BCUT2D eigenvalue weighted by atomic mass is 32.2. The van der Waals surface area contributed by atoms with E-state index in [-0.39, 0.29) is 6.03 Å². The largest absolute Gasteiger partial charge is 0.480 e. The van der Waals surface area contributed by atoms with Crippen LogP contribution in [0.3, 0.4) is 0 Å². The Morgan fingerprint density at radius 3 is 2.67 bits per heavy atom. The van der Waals surface area contributed by atoms with Gasteiger partial charge in [0, 0.05) is 13.1 Å². The number of carboxylic acid groups (broad SMARTS) is 1. The highest BCUT2D eigenvalue weighted by Crippen LogP contribution is 2.02. The zero-order valence-electron chi connectivity index (χ0n) is 11.0. The first kappa shape index (κ1) is 16.8. The molecule has 0 radical (unpaired) electrons. The molecule has 0 unspecified atom stereocenters. The molecule has 0 aliphatic rings. The molecule has 5 nitrogen and oxygen atoms in total. The third-order valence-corrected chi connectivity index (χ3v) is 2.98. The van der Waals surface area contributed by atoms with Gasteiger partial charge < -0.3 is 15.3 Å². The third kappa shape index (κ3) is 6.54. The molecule has 0 saturated heterocycles. The minimum absolute atomic E-state index is 0.342. The van der Waals surface area contributed by atoms with Gasteiger partial charge in [0.2, 0.25) is 0 Å². The Bertz CT molecular complexity index is 284. The van der Waals surface area contributed by atoms with E-state index in [0.717, 1.165) is 6.42 Å². The van der Waals surface area contributed by atoms with Crippen LogP contribution in [0.4, 0.5) is 4.79 Å². The molecule has 2 amide bonds. The van der Waals surface area contributed by atoms with Crippen LogP contribution in [-0.4, -0.2) is 53.1 Å². The van der Waals surface area contributed by atoms with Gasteiger partial charge in [-0.2, -0.15) is 11.8 Å². The number of thioether (sulfide) groups is 1. The number of amides is 2. The van der Waals surface area contributed by atoms with Gasteiger partial charge in [0.15, 0.2) is 0 Å². The first-order valence-electron chi connectivity index (χ1n) is 5.94. The van der Waals surface area contributed by atoms with Crippen molar-refractivity contribution in [3.05, 3.63) is 12.7 Å². The molecule has 0 rings (SSSR count). The third-order valence-electron chi connectivity index (χ3n) is 2.34. The number of hydrogen-bond acceptors (Lipinski definition) is 3. The zero-order valence-corrected chi connectivity index (χ0v) is 11.8. The summed E-state index contributed by atoms with van der Waals surface area (Å²) in [4.78, 5) is 24.5. The maximum atomic E-state index is 11.9. The van der Waals surface area contributed by atoms with Gasteiger partial charge in [-0.1, -0.05) is 13.0 Å². The van der Waals surface area contributed by atoms with Crippen LogP contribution in [-0.2, 0) is 4.79 Å². The van der Waals surface area contributed by atoms with Crippen molar-refractivity contribution in [1.82, 2.24) is 10.2 Å². The summed E-state index contributed by atoms with van der Waals surface area (Å²) in [6, 6.07) is -1.17. The number of urea groups is 1. The Morgan fingerprint density at radius 2 is 2.22 bits per heavy atom. The minimum atomic E-state index is -0.993. The molecule has 0 aliphatic heterocycles. The molecule has 0 fully saturated rings. The second-order valence-corrected chi connectivity index (χ2v) is 4.84. The number of aliphatic carboxylic acids is 1. The van der Waals surface area contributed by atoms with Crippen LogP contribution in [0.15, 0.2) is 12.7 Å². The minimum Gasteiger partial charge on any atom is -0.480 e. The highest BCUT2D eigenvalue weighted by Gasteiger charge is 2.21. The molecule has 0 aliphatic carbocycles. The van der Waals surface area contributed by atoms with Crippen molar-refractivity contribution >= 4 is 23.8 Å². The number of carbonyl (C=O) groups is 2. The molecular formula is C12H22N2O3S. The van der Waals surface area contributed by atoms with E-state index < -0.39 is 12.0 Å². The van der Waals surface area contributed by atoms with E-state index in [1.807, 2.05) is 13.2 Å². The van der Waals surface area contributed by atoms with Gasteiger partial charge >= 0.3 is 12.0 Å². The highest BCUT2D eigenvalue weighted by molar-refractivity contribution is 7.98. The second-order valence-electron chi connectivity index (χ2n) is 3.86. The van der Waals surface area contributed by atoms with Gasteiger partial charge in [-0.05, 0) is 24.9 Å². The van der Waals surface area contributed by atoms with E-state index in [1.165, 1.54) is 0 Å². The first-order chi connectivity index (χ1) is 8.56. The lowest BCUT2D eigenvalue weighted by molar-refractivity contribution is -0.139. The number of nitrogens with one attached hydrogen (secondary N) is 1. The van der Waals surface area contributed by atoms with E-state index in [2.05, 4.69) is 11.9 Å². The quantitative estimate of drug-likeness (QED) is 0.629. The van der Waals surface area contributed by atoms with E-state index >= 15 is 0 Å². The van der Waals surface area contributed by atoms with E-state index in [1.54, 1.807) is 22.7 Å². The Kier molecular flexibility index (Phi) is 9.18. The fraction of sp³-hybridized carbons (Fsp3) is 0.667. The fourth-order valence-electron chi connectivity index (χ4n) is 1.43. The lowest BCUT2D eigenvalue weighted by Crippen LogP contribution is -2.48. The summed E-state index contributed by atoms with van der Waals surface area (Å²) < 4.78 is 0. The van der Waals surface area contributed by atoms with E-state index in [0.29, 0.717) is 25.3 Å². The Morgan fingerprint density at radius 1 is 1.56 bits per heavy atom. The van der Waals surface area contributed by atoms with Crippen LogP contribution in [0.5, 0.6) is 0 Å². The van der Waals surface area contributed by atoms with Crippen LogP contribution >= 0.6 is 11.8 Å². The lowest BCUT2D eigenvalue weighted by atomic mass is 10.2. The molecule has 0 aromatic rings. The Balaban J connectivity index is 4.44. The van der Waals surface area contributed by atoms with Crippen LogP contribution in [0.2, 0.25) is 0 Å². The number of carboxylic acids is 1. The second kappa shape index (κ2) is 9.82. The predicted molar refractivity (Wildman–Crippen MR) is 75.0 cm³/mol. The maximum absolute atomic E-state index is 11.9. The molecule has 0 spiro atoms. The lowest BCUT2D eigenvalue weighted by Gasteiger charge is -2.23. The molecular weight excluding hydrogens is 252 g/mol. The molecule has 0 bridgehead atoms. The molecule has 1 atom stereocenters. The molecule has 0 saturated carbocycles. The number of nitrogens with zero attached hydrogens (tertiary/aromatic N) is 1. The summed E-state index contributed by atoms with van der Waals surface area (Å²) in [6.45, 7) is 6.57. The van der Waals surface area contributed by atoms with Crippen molar-refractivity contribution in [2.75, 3.05) is 25.1 Å².